The molecular weight excluding hydrogens is 317 g/mol. The van der Waals surface area contributed by atoms with E-state index >= 15 is 0 Å². The second-order valence-corrected chi connectivity index (χ2v) is 4.63. The van der Waals surface area contributed by atoms with Gasteiger partial charge >= 0.3 is 5.97 Å². The monoisotopic (exact) mass is 327 g/mol. The van der Waals surface area contributed by atoms with Crippen molar-refractivity contribution in [1.82, 2.24) is 5.16 Å². The molecule has 6 heteroatoms. The minimum atomic E-state index is -0.577. The van der Waals surface area contributed by atoms with Crippen molar-refractivity contribution < 1.29 is 18.4 Å². The Morgan fingerprint density at radius 2 is 2.26 bits per heavy atom. The molecule has 0 spiro atoms. The molecule has 0 aliphatic carbocycles. The van der Waals surface area contributed by atoms with Crippen LogP contribution in [0.2, 0.25) is 0 Å². The molecule has 0 N–H and O–H groups in total. The Morgan fingerprint density at radius 3 is 2.89 bits per heavy atom. The van der Waals surface area contributed by atoms with Crippen molar-refractivity contribution in [2.24, 2.45) is 0 Å². The first-order valence-corrected chi connectivity index (χ1v) is 6.43. The summed E-state index contributed by atoms with van der Waals surface area (Å²) < 4.78 is 24.3. The van der Waals surface area contributed by atoms with Crippen molar-refractivity contribution in [2.45, 2.75) is 13.8 Å². The van der Waals surface area contributed by atoms with E-state index in [9.17, 15) is 9.18 Å². The van der Waals surface area contributed by atoms with Gasteiger partial charge in [0.15, 0.2) is 0 Å². The summed E-state index contributed by atoms with van der Waals surface area (Å²) in [6.45, 7) is 3.50. The van der Waals surface area contributed by atoms with Crippen LogP contribution in [-0.4, -0.2) is 17.7 Å². The maximum Gasteiger partial charge on any atom is 0.344 e. The van der Waals surface area contributed by atoms with Crippen molar-refractivity contribution in [2.75, 3.05) is 6.61 Å². The number of aromatic nitrogens is 1. The van der Waals surface area contributed by atoms with E-state index < -0.39 is 11.8 Å². The van der Waals surface area contributed by atoms with Gasteiger partial charge in [0, 0.05) is 4.47 Å². The van der Waals surface area contributed by atoms with Gasteiger partial charge in [0.2, 0.25) is 0 Å². The van der Waals surface area contributed by atoms with Gasteiger partial charge < -0.3 is 9.26 Å². The summed E-state index contributed by atoms with van der Waals surface area (Å²) in [6, 6.07) is 4.51. The zero-order chi connectivity index (χ0) is 14.0. The molecule has 2 aromatic rings. The molecule has 4 nitrogen and oxygen atoms in total. The lowest BCUT2D eigenvalue weighted by molar-refractivity contribution is 0.0525. The van der Waals surface area contributed by atoms with E-state index in [1.54, 1.807) is 26.0 Å². The van der Waals surface area contributed by atoms with Crippen LogP contribution < -0.4 is 0 Å². The lowest BCUT2D eigenvalue weighted by Gasteiger charge is -2.05. The first-order valence-electron chi connectivity index (χ1n) is 5.64. The molecule has 1 aromatic heterocycles. The molecule has 19 heavy (non-hydrogen) atoms. The highest BCUT2D eigenvalue weighted by atomic mass is 79.9. The molecular formula is C13H11BrFNO3. The molecule has 0 aliphatic heterocycles. The van der Waals surface area contributed by atoms with Gasteiger partial charge in [0.25, 0.3) is 0 Å². The number of nitrogens with zero attached hydrogens (tertiary/aromatic N) is 1. The number of halogens is 2. The van der Waals surface area contributed by atoms with Gasteiger partial charge in [-0.25, -0.2) is 9.18 Å². The SMILES string of the molecule is CCOC(=O)c1c(-c2c(F)cccc2Br)noc1C. The fraction of sp³-hybridized carbons (Fsp3) is 0.231. The smallest absolute Gasteiger partial charge is 0.344 e. The largest absolute Gasteiger partial charge is 0.462 e. The lowest BCUT2D eigenvalue weighted by atomic mass is 10.1. The number of hydrogen-bond acceptors (Lipinski definition) is 4. The van der Waals surface area contributed by atoms with E-state index in [1.165, 1.54) is 6.07 Å². The predicted molar refractivity (Wildman–Crippen MR) is 70.3 cm³/mol. The van der Waals surface area contributed by atoms with E-state index in [1.807, 2.05) is 0 Å². The normalized spacial score (nSPS) is 10.5. The second-order valence-electron chi connectivity index (χ2n) is 3.78. The van der Waals surface area contributed by atoms with Crippen molar-refractivity contribution in [3.63, 3.8) is 0 Å². The van der Waals surface area contributed by atoms with Crippen LogP contribution in [0.5, 0.6) is 0 Å². The van der Waals surface area contributed by atoms with Crippen molar-refractivity contribution >= 4 is 21.9 Å². The number of esters is 1. The fourth-order valence-corrected chi connectivity index (χ4v) is 2.24. The Labute approximate surface area is 117 Å². The number of ether oxygens (including phenoxy) is 1. The third-order valence-electron chi connectivity index (χ3n) is 2.54. The Bertz CT molecular complexity index is 604. The van der Waals surface area contributed by atoms with Crippen molar-refractivity contribution in [3.8, 4) is 11.3 Å². The van der Waals surface area contributed by atoms with Crippen molar-refractivity contribution in [3.05, 3.63) is 39.8 Å². The lowest BCUT2D eigenvalue weighted by Crippen LogP contribution is -2.07. The van der Waals surface area contributed by atoms with E-state index in [0.717, 1.165) is 0 Å². The zero-order valence-corrected chi connectivity index (χ0v) is 12.0. The molecule has 1 aromatic carbocycles. The van der Waals surface area contributed by atoms with Gasteiger partial charge in [-0.2, -0.15) is 0 Å². The number of hydrogen-bond donors (Lipinski definition) is 0. The fourth-order valence-electron chi connectivity index (χ4n) is 1.71. The van der Waals surface area contributed by atoms with Gasteiger partial charge in [-0.05, 0) is 41.9 Å². The Hall–Kier alpha value is -1.69. The molecule has 0 unspecified atom stereocenters. The molecule has 0 amide bonds. The minimum Gasteiger partial charge on any atom is -0.462 e. The van der Waals surface area contributed by atoms with Crippen LogP contribution in [0.4, 0.5) is 4.39 Å². The molecule has 0 aliphatic rings. The number of benzene rings is 1. The third kappa shape index (κ3) is 2.53. The Morgan fingerprint density at radius 1 is 1.53 bits per heavy atom. The molecule has 2 rings (SSSR count). The van der Waals surface area contributed by atoms with Crippen LogP contribution >= 0.6 is 15.9 Å². The first-order chi connectivity index (χ1) is 9.06. The van der Waals surface area contributed by atoms with E-state index in [4.69, 9.17) is 9.26 Å². The predicted octanol–water partition coefficient (Wildman–Crippen LogP) is 3.73. The molecule has 0 fully saturated rings. The molecule has 1 heterocycles. The van der Waals surface area contributed by atoms with Gasteiger partial charge in [-0.3, -0.25) is 0 Å². The van der Waals surface area contributed by atoms with Crippen LogP contribution in [0.1, 0.15) is 23.0 Å². The number of carbonyl (C=O) groups is 1. The van der Waals surface area contributed by atoms with Crippen LogP contribution in [0.3, 0.4) is 0 Å². The third-order valence-corrected chi connectivity index (χ3v) is 3.20. The number of carbonyl (C=O) groups excluding carboxylic acids is 1. The maximum absolute atomic E-state index is 13.9. The molecule has 0 atom stereocenters. The summed E-state index contributed by atoms with van der Waals surface area (Å²) in [5.74, 6) is -0.775. The molecule has 0 radical (unpaired) electrons. The van der Waals surface area contributed by atoms with Crippen LogP contribution in [0.15, 0.2) is 27.2 Å². The highest BCUT2D eigenvalue weighted by molar-refractivity contribution is 9.10. The average molecular weight is 328 g/mol. The standard InChI is InChI=1S/C13H11BrFNO3/c1-3-18-13(17)10-7(2)19-16-12(10)11-8(14)5-4-6-9(11)15/h4-6H,3H2,1-2H3. The van der Waals surface area contributed by atoms with E-state index in [0.29, 0.717) is 10.2 Å². The molecule has 0 saturated carbocycles. The quantitative estimate of drug-likeness (QED) is 0.806. The summed E-state index contributed by atoms with van der Waals surface area (Å²) >= 11 is 3.24. The Balaban J connectivity index is 2.61. The summed E-state index contributed by atoms with van der Waals surface area (Å²) in [5.41, 5.74) is 0.468. The number of aryl methyl sites for hydroxylation is 1. The first kappa shape index (κ1) is 13.7. The number of rotatable bonds is 3. The van der Waals surface area contributed by atoms with Crippen LogP contribution in [0.25, 0.3) is 11.3 Å². The summed E-state index contributed by atoms with van der Waals surface area (Å²) in [4.78, 5) is 11.9. The Kier molecular flexibility index (Phi) is 3.99. The minimum absolute atomic E-state index is 0.140. The highest BCUT2D eigenvalue weighted by Gasteiger charge is 2.25. The molecule has 100 valence electrons. The van der Waals surface area contributed by atoms with Gasteiger partial charge in [-0.1, -0.05) is 11.2 Å². The summed E-state index contributed by atoms with van der Waals surface area (Å²) in [5, 5.41) is 3.77. The maximum atomic E-state index is 13.9. The summed E-state index contributed by atoms with van der Waals surface area (Å²) in [6.07, 6.45) is 0. The van der Waals surface area contributed by atoms with Crippen LogP contribution in [-0.2, 0) is 4.74 Å². The van der Waals surface area contributed by atoms with Gasteiger partial charge in [0.1, 0.15) is 22.8 Å². The molecule has 0 bridgehead atoms. The van der Waals surface area contributed by atoms with Crippen LogP contribution in [0, 0.1) is 12.7 Å². The molecule has 0 saturated heterocycles. The summed E-state index contributed by atoms with van der Waals surface area (Å²) in [7, 11) is 0. The highest BCUT2D eigenvalue weighted by Crippen LogP contribution is 2.33. The van der Waals surface area contributed by atoms with Gasteiger partial charge in [0.05, 0.1) is 12.2 Å². The van der Waals surface area contributed by atoms with Crippen molar-refractivity contribution in [1.29, 1.82) is 0 Å². The van der Waals surface area contributed by atoms with E-state index in [-0.39, 0.29) is 23.4 Å². The zero-order valence-electron chi connectivity index (χ0n) is 10.4. The average Bonchev–Trinajstić information content (AvgIpc) is 2.71. The van der Waals surface area contributed by atoms with E-state index in [2.05, 4.69) is 21.1 Å². The topological polar surface area (TPSA) is 52.3 Å². The second kappa shape index (κ2) is 5.52. The van der Waals surface area contributed by atoms with Gasteiger partial charge in [-0.15, -0.1) is 0 Å².